The van der Waals surface area contributed by atoms with Crippen LogP contribution < -0.4 is 48.8 Å². The average molecular weight is 286 g/mol. The van der Waals surface area contributed by atoms with Gasteiger partial charge in [-0.3, -0.25) is 0 Å². The molecular weight excluding hydrogens is 274 g/mol. The summed E-state index contributed by atoms with van der Waals surface area (Å²) in [5, 5.41) is 20.6. The van der Waals surface area contributed by atoms with Gasteiger partial charge in [0.25, 0.3) is 0 Å². The first-order valence-electron chi connectivity index (χ1n) is 6.14. The summed E-state index contributed by atoms with van der Waals surface area (Å²) < 4.78 is 15.8. The van der Waals surface area contributed by atoms with E-state index in [0.717, 1.165) is 12.8 Å². The zero-order chi connectivity index (χ0) is 13.4. The molecule has 3 rings (SSSR count). The van der Waals surface area contributed by atoms with Gasteiger partial charge in [-0.05, 0) is 30.9 Å². The summed E-state index contributed by atoms with van der Waals surface area (Å²) in [5.41, 5.74) is -0.211. The molecule has 1 aromatic carbocycles. The van der Waals surface area contributed by atoms with E-state index in [1.807, 2.05) is 0 Å². The Hall–Kier alpha value is -0.885. The van der Waals surface area contributed by atoms with Crippen molar-refractivity contribution in [3.8, 4) is 17.2 Å². The third-order valence-corrected chi connectivity index (χ3v) is 3.09. The minimum atomic E-state index is -1.42. The fraction of sp³-hybridized carbons (Fsp3) is 0.417. The number of aromatic carboxylic acids is 1. The maximum absolute atomic E-state index is 11.3. The molecule has 0 unspecified atom stereocenters. The number of carboxylic acid groups (broad SMARTS) is 1. The molecule has 100 valence electrons. The molecule has 1 aliphatic heterocycles. The van der Waals surface area contributed by atoms with Gasteiger partial charge in [0.1, 0.15) is 12.3 Å². The first-order chi connectivity index (χ1) is 9.15. The van der Waals surface area contributed by atoms with Crippen LogP contribution >= 0.6 is 0 Å². The molecule has 8 heteroatoms. The van der Waals surface area contributed by atoms with Crippen molar-refractivity contribution in [2.45, 2.75) is 12.8 Å². The van der Waals surface area contributed by atoms with Gasteiger partial charge in [0.2, 0.25) is 0 Å². The Morgan fingerprint density at radius 1 is 1.50 bits per heavy atom. The van der Waals surface area contributed by atoms with E-state index in [-0.39, 0.29) is 58.9 Å². The molecule has 0 aromatic heterocycles. The Balaban J connectivity index is 0.00000147. The van der Waals surface area contributed by atoms with Crippen molar-refractivity contribution >= 4 is 13.1 Å². The molecule has 1 aliphatic carbocycles. The van der Waals surface area contributed by atoms with Crippen LogP contribution in [0.5, 0.6) is 17.2 Å². The molecular formula is C12H12BNaO6. The second-order valence-corrected chi connectivity index (χ2v) is 4.69. The minimum Gasteiger partial charge on any atom is -0.545 e. The number of carboxylic acids is 1. The summed E-state index contributed by atoms with van der Waals surface area (Å²) in [6.07, 6.45) is 2.20. The van der Waals surface area contributed by atoms with E-state index < -0.39 is 13.1 Å². The maximum atomic E-state index is 11.3. The smallest absolute Gasteiger partial charge is 0.545 e. The molecule has 0 saturated heterocycles. The van der Waals surface area contributed by atoms with Crippen molar-refractivity contribution in [3.05, 3.63) is 17.7 Å². The van der Waals surface area contributed by atoms with Crippen molar-refractivity contribution < 1.29 is 58.6 Å². The van der Waals surface area contributed by atoms with Crippen molar-refractivity contribution in [2.75, 3.05) is 13.1 Å². The number of carbonyl (C=O) groups excluding carboxylic acids is 1. The summed E-state index contributed by atoms with van der Waals surface area (Å²) in [4.78, 5) is 11.3. The molecule has 6 nitrogen and oxygen atoms in total. The van der Waals surface area contributed by atoms with Gasteiger partial charge in [-0.15, -0.1) is 0 Å². The standard InChI is InChI=1S/C12H13BO6.Na/c14-12(15)10-8(17-5-7-1-2-7)3-4-9-11(10)19-13(16)6-18-9;/h3-4,7,16H,1-2,5-6H2,(H,14,15);/q;+1/p-1. The van der Waals surface area contributed by atoms with E-state index in [4.69, 9.17) is 14.1 Å². The molecule has 1 heterocycles. The average Bonchev–Trinajstić information content (AvgIpc) is 3.18. The summed E-state index contributed by atoms with van der Waals surface area (Å²) in [5.74, 6) is -0.507. The zero-order valence-electron chi connectivity index (χ0n) is 11.1. The summed E-state index contributed by atoms with van der Waals surface area (Å²) in [6.45, 7) is 0.435. The van der Waals surface area contributed by atoms with Gasteiger partial charge in [0.15, 0.2) is 11.5 Å². The SMILES string of the molecule is O=C([O-])c1c(OCC2CC2)ccc2c1OB(O)CO2.[Na+]. The molecule has 1 N–H and O–H groups in total. The monoisotopic (exact) mass is 286 g/mol. The Kier molecular flexibility index (Phi) is 4.85. The van der Waals surface area contributed by atoms with E-state index in [2.05, 4.69) is 0 Å². The van der Waals surface area contributed by atoms with Crippen molar-refractivity contribution in [3.63, 3.8) is 0 Å². The van der Waals surface area contributed by atoms with Crippen LogP contribution in [-0.4, -0.2) is 31.2 Å². The number of fused-ring (bicyclic) bond motifs is 1. The number of benzene rings is 1. The van der Waals surface area contributed by atoms with Crippen LogP contribution in [0.25, 0.3) is 0 Å². The largest absolute Gasteiger partial charge is 1.00 e. The number of hydrogen-bond acceptors (Lipinski definition) is 6. The van der Waals surface area contributed by atoms with E-state index in [1.54, 1.807) is 6.07 Å². The Morgan fingerprint density at radius 3 is 2.90 bits per heavy atom. The Labute approximate surface area is 138 Å². The van der Waals surface area contributed by atoms with E-state index in [9.17, 15) is 14.9 Å². The van der Waals surface area contributed by atoms with Crippen molar-refractivity contribution in [1.82, 2.24) is 0 Å². The third kappa shape index (κ3) is 3.23. The fourth-order valence-electron chi connectivity index (χ4n) is 1.91. The summed E-state index contributed by atoms with van der Waals surface area (Å²) in [6, 6.07) is 3.09. The first-order valence-corrected chi connectivity index (χ1v) is 6.14. The molecule has 2 aliphatic rings. The van der Waals surface area contributed by atoms with Crippen LogP contribution in [0.2, 0.25) is 0 Å². The molecule has 0 atom stereocenters. The topological polar surface area (TPSA) is 88.1 Å². The number of carbonyl (C=O) groups is 1. The predicted molar refractivity (Wildman–Crippen MR) is 63.1 cm³/mol. The fourth-order valence-corrected chi connectivity index (χ4v) is 1.91. The Morgan fingerprint density at radius 2 is 2.25 bits per heavy atom. The molecule has 0 spiro atoms. The van der Waals surface area contributed by atoms with Gasteiger partial charge in [-0.25, -0.2) is 0 Å². The minimum absolute atomic E-state index is 0. The zero-order valence-corrected chi connectivity index (χ0v) is 13.1. The van der Waals surface area contributed by atoms with Crippen molar-refractivity contribution in [2.24, 2.45) is 5.92 Å². The molecule has 20 heavy (non-hydrogen) atoms. The van der Waals surface area contributed by atoms with Crippen LogP contribution in [0.3, 0.4) is 0 Å². The molecule has 0 radical (unpaired) electrons. The van der Waals surface area contributed by atoms with Gasteiger partial charge >= 0.3 is 36.7 Å². The summed E-state index contributed by atoms with van der Waals surface area (Å²) >= 11 is 0. The van der Waals surface area contributed by atoms with Gasteiger partial charge in [-0.2, -0.15) is 0 Å². The van der Waals surface area contributed by atoms with Gasteiger partial charge in [0, 0.05) is 0 Å². The first kappa shape index (κ1) is 15.5. The second kappa shape index (κ2) is 6.26. The van der Waals surface area contributed by atoms with Gasteiger partial charge in [0.05, 0.1) is 18.1 Å². The molecule has 1 aromatic rings. The van der Waals surface area contributed by atoms with Crippen LogP contribution in [-0.2, 0) is 0 Å². The summed E-state index contributed by atoms with van der Waals surface area (Å²) in [7, 11) is -1.19. The van der Waals surface area contributed by atoms with Gasteiger partial charge in [-0.1, -0.05) is 0 Å². The third-order valence-electron chi connectivity index (χ3n) is 3.09. The number of rotatable bonds is 4. The predicted octanol–water partition coefficient (Wildman–Crippen LogP) is -3.37. The van der Waals surface area contributed by atoms with E-state index in [0.29, 0.717) is 12.5 Å². The van der Waals surface area contributed by atoms with E-state index in [1.165, 1.54) is 6.07 Å². The molecule has 0 amide bonds. The van der Waals surface area contributed by atoms with Crippen LogP contribution in [0.1, 0.15) is 23.2 Å². The van der Waals surface area contributed by atoms with Crippen molar-refractivity contribution in [1.29, 1.82) is 0 Å². The van der Waals surface area contributed by atoms with Gasteiger partial charge < -0.3 is 29.1 Å². The number of ether oxygens (including phenoxy) is 2. The van der Waals surface area contributed by atoms with Crippen LogP contribution in [0.4, 0.5) is 0 Å². The van der Waals surface area contributed by atoms with Crippen LogP contribution in [0.15, 0.2) is 12.1 Å². The Bertz CT molecular complexity index is 519. The maximum Gasteiger partial charge on any atom is 1.00 e. The molecule has 0 bridgehead atoms. The quantitative estimate of drug-likeness (QED) is 0.581. The normalized spacial score (nSPS) is 16.4. The second-order valence-electron chi connectivity index (χ2n) is 4.69. The van der Waals surface area contributed by atoms with Crippen LogP contribution in [0, 0.1) is 5.92 Å². The van der Waals surface area contributed by atoms with E-state index >= 15 is 0 Å². The molecule has 1 saturated carbocycles. The number of hydrogen-bond donors (Lipinski definition) is 1. The molecule has 1 fully saturated rings.